The second-order valence-corrected chi connectivity index (χ2v) is 7.72. The molecule has 7 nitrogen and oxygen atoms in total. The minimum atomic E-state index is -4.03. The fourth-order valence-corrected chi connectivity index (χ4v) is 3.56. The van der Waals surface area contributed by atoms with Crippen LogP contribution in [0.2, 0.25) is 0 Å². The number of fused-ring (bicyclic) bond motifs is 1. The molecule has 2 heterocycles. The molecule has 0 unspecified atom stereocenters. The molecule has 0 spiro atoms. The Balaban J connectivity index is 1.77. The first-order valence-corrected chi connectivity index (χ1v) is 9.13. The van der Waals surface area contributed by atoms with Crippen LogP contribution in [0.1, 0.15) is 38.3 Å². The smallest absolute Gasteiger partial charge is 0.283 e. The number of imidazole rings is 1. The predicted molar refractivity (Wildman–Crippen MR) is 87.2 cm³/mol. The quantitative estimate of drug-likeness (QED) is 0.909. The minimum Gasteiger partial charge on any atom is -0.480 e. The first kappa shape index (κ1) is 16.5. The van der Waals surface area contributed by atoms with Gasteiger partial charge in [0.1, 0.15) is 5.75 Å². The number of rotatable bonds is 4. The first-order chi connectivity index (χ1) is 11.3. The molecule has 2 atom stereocenters. The number of aromatic nitrogens is 2. The first-order valence-electron chi connectivity index (χ1n) is 7.65. The number of sulfonamides is 1. The van der Waals surface area contributed by atoms with Gasteiger partial charge in [0.15, 0.2) is 11.1 Å². The van der Waals surface area contributed by atoms with E-state index in [-0.39, 0.29) is 17.0 Å². The third-order valence-corrected chi connectivity index (χ3v) is 5.29. The highest BCUT2D eigenvalue weighted by atomic mass is 32.2. The Labute approximate surface area is 140 Å². The van der Waals surface area contributed by atoms with Gasteiger partial charge in [-0.1, -0.05) is 25.1 Å². The molecule has 1 aliphatic heterocycles. The number of nitrogens with one attached hydrogen (secondary N) is 1. The zero-order chi connectivity index (χ0) is 17.5. The zero-order valence-corrected chi connectivity index (χ0v) is 14.4. The molecule has 0 bridgehead atoms. The number of hydrogen-bond donors (Lipinski definition) is 1. The maximum atomic E-state index is 12.4. The van der Waals surface area contributed by atoms with Crippen molar-refractivity contribution in [3.05, 3.63) is 42.4 Å². The Hall–Kier alpha value is -2.35. The van der Waals surface area contributed by atoms with Crippen LogP contribution in [0.4, 0.5) is 0 Å². The molecule has 8 heteroatoms. The molecule has 0 radical (unpaired) electrons. The molecule has 0 fully saturated rings. The van der Waals surface area contributed by atoms with E-state index in [1.165, 1.54) is 12.5 Å². The van der Waals surface area contributed by atoms with Crippen molar-refractivity contribution < 1.29 is 17.9 Å². The Morgan fingerprint density at radius 2 is 2.04 bits per heavy atom. The van der Waals surface area contributed by atoms with E-state index in [0.29, 0.717) is 5.75 Å². The highest BCUT2D eigenvalue weighted by Crippen LogP contribution is 2.37. The van der Waals surface area contributed by atoms with Crippen LogP contribution in [-0.4, -0.2) is 30.0 Å². The lowest BCUT2D eigenvalue weighted by Crippen LogP contribution is -2.42. The summed E-state index contributed by atoms with van der Waals surface area (Å²) in [7, 11) is -4.03. The van der Waals surface area contributed by atoms with Crippen molar-refractivity contribution in [1.82, 2.24) is 14.3 Å². The van der Waals surface area contributed by atoms with Crippen molar-refractivity contribution in [1.29, 1.82) is 0 Å². The van der Waals surface area contributed by atoms with Crippen molar-refractivity contribution in [2.75, 3.05) is 0 Å². The number of nitrogens with zero attached hydrogens (tertiary/aromatic N) is 2. The number of para-hydroxylation sites is 1. The number of benzene rings is 1. The van der Waals surface area contributed by atoms with Gasteiger partial charge in [-0.15, -0.1) is 0 Å². The summed E-state index contributed by atoms with van der Waals surface area (Å²) < 4.78 is 34.0. The standard InChI is InChI=1S/C16H19N3O4S/c1-10(2)19-8-14(17-9-19)24(21,22)18-16(20)15-11(3)12-6-4-5-7-13(12)23-15/h4-11,15H,1-3H3,(H,18,20)/t11-,15-/m1/s1. The topological polar surface area (TPSA) is 90.3 Å². The molecule has 0 saturated heterocycles. The maximum absolute atomic E-state index is 12.4. The molecule has 1 N–H and O–H groups in total. The number of carbonyl (C=O) groups excluding carboxylic acids is 1. The molecule has 2 aromatic rings. The van der Waals surface area contributed by atoms with Gasteiger partial charge < -0.3 is 9.30 Å². The van der Waals surface area contributed by atoms with Crippen molar-refractivity contribution in [2.24, 2.45) is 0 Å². The number of ether oxygens (including phenoxy) is 1. The van der Waals surface area contributed by atoms with Gasteiger partial charge in [-0.2, -0.15) is 8.42 Å². The summed E-state index contributed by atoms with van der Waals surface area (Å²) in [5.74, 6) is -0.325. The van der Waals surface area contributed by atoms with Gasteiger partial charge in [-0.05, 0) is 19.9 Å². The summed E-state index contributed by atoms with van der Waals surface area (Å²) in [6, 6.07) is 7.37. The van der Waals surface area contributed by atoms with E-state index in [0.717, 1.165) is 5.56 Å². The molecule has 128 valence electrons. The summed E-state index contributed by atoms with van der Waals surface area (Å²) in [4.78, 5) is 16.3. The second kappa shape index (κ2) is 5.94. The van der Waals surface area contributed by atoms with Crippen molar-refractivity contribution in [2.45, 2.75) is 43.9 Å². The van der Waals surface area contributed by atoms with Gasteiger partial charge in [0.2, 0.25) is 0 Å². The molecule has 3 rings (SSSR count). The third kappa shape index (κ3) is 2.89. The van der Waals surface area contributed by atoms with Crippen LogP contribution in [0.5, 0.6) is 5.75 Å². The number of hydrogen-bond acceptors (Lipinski definition) is 5. The Bertz CT molecular complexity index is 873. The van der Waals surface area contributed by atoms with Gasteiger partial charge in [0, 0.05) is 23.7 Å². The van der Waals surface area contributed by atoms with E-state index in [4.69, 9.17) is 4.74 Å². The van der Waals surface area contributed by atoms with E-state index in [9.17, 15) is 13.2 Å². The molecule has 24 heavy (non-hydrogen) atoms. The molecule has 0 aliphatic carbocycles. The van der Waals surface area contributed by atoms with Gasteiger partial charge in [0.25, 0.3) is 15.9 Å². The third-order valence-electron chi connectivity index (χ3n) is 4.06. The average Bonchev–Trinajstić information content (AvgIpc) is 3.13. The van der Waals surface area contributed by atoms with Crippen LogP contribution in [0.3, 0.4) is 0 Å². The Kier molecular flexibility index (Phi) is 4.08. The fourth-order valence-electron chi connectivity index (χ4n) is 2.63. The van der Waals surface area contributed by atoms with Gasteiger partial charge in [-0.25, -0.2) is 9.71 Å². The lowest BCUT2D eigenvalue weighted by molar-refractivity contribution is -0.126. The highest BCUT2D eigenvalue weighted by Gasteiger charge is 2.38. The van der Waals surface area contributed by atoms with Crippen LogP contribution < -0.4 is 9.46 Å². The second-order valence-electron chi connectivity index (χ2n) is 6.09. The monoisotopic (exact) mass is 349 g/mol. The average molecular weight is 349 g/mol. The molecule has 1 amide bonds. The van der Waals surface area contributed by atoms with Crippen LogP contribution in [-0.2, 0) is 14.8 Å². The lowest BCUT2D eigenvalue weighted by atomic mass is 9.97. The SMILES string of the molecule is CC(C)n1cnc(S(=O)(=O)NC(=O)[C@@H]2Oc3ccccc3[C@H]2C)c1. The van der Waals surface area contributed by atoms with Crippen molar-refractivity contribution in [3.63, 3.8) is 0 Å². The van der Waals surface area contributed by atoms with Gasteiger partial charge in [0.05, 0.1) is 6.33 Å². The van der Waals surface area contributed by atoms with Crippen LogP contribution in [0, 0.1) is 0 Å². The predicted octanol–water partition coefficient (Wildman–Crippen LogP) is 1.83. The molecular formula is C16H19N3O4S. The Morgan fingerprint density at radius 1 is 1.33 bits per heavy atom. The molecule has 1 aliphatic rings. The molecule has 1 aromatic heterocycles. The Morgan fingerprint density at radius 3 is 2.67 bits per heavy atom. The van der Waals surface area contributed by atoms with Crippen LogP contribution in [0.25, 0.3) is 0 Å². The number of amides is 1. The summed E-state index contributed by atoms with van der Waals surface area (Å²) in [6.07, 6.45) is 1.94. The minimum absolute atomic E-state index is 0.0739. The van der Waals surface area contributed by atoms with E-state index >= 15 is 0 Å². The summed E-state index contributed by atoms with van der Waals surface area (Å²) in [5.41, 5.74) is 0.888. The summed E-state index contributed by atoms with van der Waals surface area (Å²) >= 11 is 0. The van der Waals surface area contributed by atoms with E-state index in [1.807, 2.05) is 32.9 Å². The van der Waals surface area contributed by atoms with E-state index < -0.39 is 22.0 Å². The van der Waals surface area contributed by atoms with Crippen molar-refractivity contribution in [3.8, 4) is 5.75 Å². The zero-order valence-electron chi connectivity index (χ0n) is 13.6. The highest BCUT2D eigenvalue weighted by molar-refractivity contribution is 7.90. The molecule has 1 aromatic carbocycles. The van der Waals surface area contributed by atoms with Gasteiger partial charge >= 0.3 is 0 Å². The van der Waals surface area contributed by atoms with E-state index in [2.05, 4.69) is 9.71 Å². The summed E-state index contributed by atoms with van der Waals surface area (Å²) in [5, 5.41) is -0.187. The van der Waals surface area contributed by atoms with Gasteiger partial charge in [-0.3, -0.25) is 4.79 Å². The van der Waals surface area contributed by atoms with Crippen LogP contribution >= 0.6 is 0 Å². The normalized spacial score (nSPS) is 19.8. The van der Waals surface area contributed by atoms with Crippen molar-refractivity contribution >= 4 is 15.9 Å². The number of carbonyl (C=O) groups is 1. The maximum Gasteiger partial charge on any atom is 0.283 e. The molecule has 0 saturated carbocycles. The van der Waals surface area contributed by atoms with Crippen LogP contribution in [0.15, 0.2) is 41.8 Å². The largest absolute Gasteiger partial charge is 0.480 e. The molecular weight excluding hydrogens is 330 g/mol. The lowest BCUT2D eigenvalue weighted by Gasteiger charge is -2.14. The summed E-state index contributed by atoms with van der Waals surface area (Å²) in [6.45, 7) is 5.64. The fraction of sp³-hybridized carbons (Fsp3) is 0.375. The van der Waals surface area contributed by atoms with E-state index in [1.54, 1.807) is 16.7 Å².